The molecule has 150 valence electrons. The highest BCUT2D eigenvalue weighted by atomic mass is 16.5. The predicted octanol–water partition coefficient (Wildman–Crippen LogP) is 1.60. The summed E-state index contributed by atoms with van der Waals surface area (Å²) < 4.78 is 15.7. The molecule has 2 N–H and O–H groups in total. The Balaban J connectivity index is 1.88. The summed E-state index contributed by atoms with van der Waals surface area (Å²) in [5.41, 5.74) is 3.32. The van der Waals surface area contributed by atoms with E-state index < -0.39 is 11.8 Å². The highest BCUT2D eigenvalue weighted by Crippen LogP contribution is 2.27. The number of methoxy groups -OCH3 is 2. The van der Waals surface area contributed by atoms with Crippen molar-refractivity contribution in [3.8, 4) is 29.6 Å². The number of amides is 2. The van der Waals surface area contributed by atoms with Crippen LogP contribution in [0.4, 0.5) is 0 Å². The number of hydrogen-bond acceptors (Lipinski definition) is 6. The minimum atomic E-state index is -0.489. The first-order chi connectivity index (χ1) is 14.1. The molecular weight excluding hydrogens is 374 g/mol. The van der Waals surface area contributed by atoms with E-state index in [2.05, 4.69) is 21.8 Å². The molecule has 0 atom stereocenters. The zero-order valence-corrected chi connectivity index (χ0v) is 16.1. The molecule has 2 aromatic carbocycles. The van der Waals surface area contributed by atoms with Crippen LogP contribution in [0.25, 0.3) is 0 Å². The smallest absolute Gasteiger partial charge is 0.259 e. The second kappa shape index (κ2) is 11.0. The van der Waals surface area contributed by atoms with Gasteiger partial charge in [-0.05, 0) is 30.3 Å². The van der Waals surface area contributed by atoms with Gasteiger partial charge >= 0.3 is 0 Å². The van der Waals surface area contributed by atoms with Gasteiger partial charge in [-0.15, -0.1) is 6.42 Å². The molecule has 0 aliphatic rings. The van der Waals surface area contributed by atoms with Crippen molar-refractivity contribution in [3.05, 3.63) is 53.6 Å². The van der Waals surface area contributed by atoms with Crippen molar-refractivity contribution in [3.63, 3.8) is 0 Å². The number of benzene rings is 2. The lowest BCUT2D eigenvalue weighted by molar-refractivity contribution is -0.120. The fourth-order valence-corrected chi connectivity index (χ4v) is 2.29. The third-order valence-electron chi connectivity index (χ3n) is 3.68. The van der Waals surface area contributed by atoms with Crippen molar-refractivity contribution in [2.45, 2.75) is 0 Å². The van der Waals surface area contributed by atoms with Crippen LogP contribution in [0.3, 0.4) is 0 Å². The molecule has 0 heterocycles. The van der Waals surface area contributed by atoms with E-state index in [0.29, 0.717) is 28.4 Å². The van der Waals surface area contributed by atoms with Crippen LogP contribution in [-0.2, 0) is 4.79 Å². The third kappa shape index (κ3) is 6.29. The van der Waals surface area contributed by atoms with Crippen LogP contribution in [0.2, 0.25) is 0 Å². The predicted molar refractivity (Wildman–Crippen MR) is 108 cm³/mol. The molecule has 8 heteroatoms. The van der Waals surface area contributed by atoms with Gasteiger partial charge in [-0.3, -0.25) is 9.59 Å². The Morgan fingerprint density at radius 2 is 1.86 bits per heavy atom. The monoisotopic (exact) mass is 395 g/mol. The Morgan fingerprint density at radius 1 is 1.10 bits per heavy atom. The van der Waals surface area contributed by atoms with Crippen LogP contribution in [0.15, 0.2) is 47.6 Å². The molecule has 0 spiro atoms. The Morgan fingerprint density at radius 3 is 2.59 bits per heavy atom. The number of ether oxygens (including phenoxy) is 3. The van der Waals surface area contributed by atoms with E-state index >= 15 is 0 Å². The first-order valence-electron chi connectivity index (χ1n) is 8.56. The summed E-state index contributed by atoms with van der Waals surface area (Å²) in [4.78, 5) is 24.1. The lowest BCUT2D eigenvalue weighted by Gasteiger charge is -2.09. The average Bonchev–Trinajstić information content (AvgIpc) is 2.76. The highest BCUT2D eigenvalue weighted by molar-refractivity contribution is 5.97. The quantitative estimate of drug-likeness (QED) is 0.382. The van der Waals surface area contributed by atoms with Crippen LogP contribution >= 0.6 is 0 Å². The van der Waals surface area contributed by atoms with Gasteiger partial charge in [0.15, 0.2) is 11.5 Å². The molecule has 0 aliphatic carbocycles. The SMILES string of the molecule is C#CCOc1ccccc1/C=N\NC(=O)CNC(=O)c1ccc(OC)c(OC)c1. The van der Waals surface area contributed by atoms with Crippen molar-refractivity contribution < 1.29 is 23.8 Å². The van der Waals surface area contributed by atoms with Gasteiger partial charge in [0.05, 0.1) is 27.0 Å². The minimum Gasteiger partial charge on any atom is -0.493 e. The molecule has 0 fully saturated rings. The summed E-state index contributed by atoms with van der Waals surface area (Å²) in [5.74, 6) is 2.92. The molecule has 0 unspecified atom stereocenters. The fraction of sp³-hybridized carbons (Fsp3) is 0.190. The van der Waals surface area contributed by atoms with Gasteiger partial charge in [0.25, 0.3) is 11.8 Å². The van der Waals surface area contributed by atoms with Crippen molar-refractivity contribution in [2.24, 2.45) is 5.10 Å². The van der Waals surface area contributed by atoms with Gasteiger partial charge in [0.2, 0.25) is 0 Å². The molecule has 2 aromatic rings. The largest absolute Gasteiger partial charge is 0.493 e. The normalized spacial score (nSPS) is 10.1. The number of carbonyl (C=O) groups is 2. The van der Waals surface area contributed by atoms with Crippen LogP contribution in [-0.4, -0.2) is 45.4 Å². The zero-order valence-electron chi connectivity index (χ0n) is 16.1. The van der Waals surface area contributed by atoms with E-state index in [1.54, 1.807) is 36.4 Å². The lowest BCUT2D eigenvalue weighted by Crippen LogP contribution is -2.34. The van der Waals surface area contributed by atoms with E-state index in [4.69, 9.17) is 20.6 Å². The number of terminal acetylenes is 1. The molecule has 0 saturated heterocycles. The molecule has 29 heavy (non-hydrogen) atoms. The zero-order chi connectivity index (χ0) is 21.1. The molecule has 2 rings (SSSR count). The molecule has 0 aliphatic heterocycles. The van der Waals surface area contributed by atoms with E-state index in [9.17, 15) is 9.59 Å². The third-order valence-corrected chi connectivity index (χ3v) is 3.68. The first kappa shape index (κ1) is 21.3. The summed E-state index contributed by atoms with van der Waals surface area (Å²) in [6.07, 6.45) is 6.61. The summed E-state index contributed by atoms with van der Waals surface area (Å²) in [5, 5.41) is 6.37. The maximum absolute atomic E-state index is 12.2. The number of para-hydroxylation sites is 1. The molecule has 0 aromatic heterocycles. The Hall–Kier alpha value is -3.99. The summed E-state index contributed by atoms with van der Waals surface area (Å²) in [6, 6.07) is 11.8. The number of nitrogens with one attached hydrogen (secondary N) is 2. The van der Waals surface area contributed by atoms with Crippen molar-refractivity contribution in [2.75, 3.05) is 27.4 Å². The van der Waals surface area contributed by atoms with Gasteiger partial charge in [-0.1, -0.05) is 18.1 Å². The van der Waals surface area contributed by atoms with Gasteiger partial charge in [-0.2, -0.15) is 5.10 Å². The molecule has 0 bridgehead atoms. The second-order valence-corrected chi connectivity index (χ2v) is 5.58. The molecule has 2 amide bonds. The van der Waals surface area contributed by atoms with E-state index in [1.807, 2.05) is 0 Å². The number of hydrogen-bond donors (Lipinski definition) is 2. The number of hydrazone groups is 1. The van der Waals surface area contributed by atoms with Crippen LogP contribution in [0.1, 0.15) is 15.9 Å². The standard InChI is InChI=1S/C21H21N3O5/c1-4-11-29-17-8-6-5-7-16(17)13-23-24-20(25)14-22-21(26)15-9-10-18(27-2)19(12-15)28-3/h1,5-10,12-13H,11,14H2,2-3H3,(H,22,26)(H,24,25)/b23-13-. The van der Waals surface area contributed by atoms with E-state index in [0.717, 1.165) is 0 Å². The van der Waals surface area contributed by atoms with Gasteiger partial charge in [-0.25, -0.2) is 5.43 Å². The van der Waals surface area contributed by atoms with Crippen LogP contribution < -0.4 is 25.0 Å². The maximum Gasteiger partial charge on any atom is 0.259 e. The van der Waals surface area contributed by atoms with E-state index in [1.165, 1.54) is 26.5 Å². The van der Waals surface area contributed by atoms with Crippen molar-refractivity contribution >= 4 is 18.0 Å². The number of carbonyl (C=O) groups excluding carboxylic acids is 2. The second-order valence-electron chi connectivity index (χ2n) is 5.58. The van der Waals surface area contributed by atoms with Crippen LogP contribution in [0.5, 0.6) is 17.2 Å². The molecule has 0 radical (unpaired) electrons. The summed E-state index contributed by atoms with van der Waals surface area (Å²) in [7, 11) is 2.98. The number of rotatable bonds is 9. The van der Waals surface area contributed by atoms with Gasteiger partial charge in [0.1, 0.15) is 12.4 Å². The maximum atomic E-state index is 12.2. The average molecular weight is 395 g/mol. The molecular formula is C21H21N3O5. The molecule has 8 nitrogen and oxygen atoms in total. The summed E-state index contributed by atoms with van der Waals surface area (Å²) >= 11 is 0. The Labute approximate surface area is 168 Å². The highest BCUT2D eigenvalue weighted by Gasteiger charge is 2.11. The van der Waals surface area contributed by atoms with Crippen molar-refractivity contribution in [1.29, 1.82) is 0 Å². The van der Waals surface area contributed by atoms with E-state index in [-0.39, 0.29) is 13.2 Å². The minimum absolute atomic E-state index is 0.124. The number of nitrogens with zero attached hydrogens (tertiary/aromatic N) is 1. The Kier molecular flexibility index (Phi) is 8.08. The summed E-state index contributed by atoms with van der Waals surface area (Å²) in [6.45, 7) is -0.126. The van der Waals surface area contributed by atoms with Crippen molar-refractivity contribution in [1.82, 2.24) is 10.7 Å². The first-order valence-corrected chi connectivity index (χ1v) is 8.56. The van der Waals surface area contributed by atoms with Gasteiger partial charge < -0.3 is 19.5 Å². The van der Waals surface area contributed by atoms with Crippen LogP contribution in [0, 0.1) is 12.3 Å². The fourth-order valence-electron chi connectivity index (χ4n) is 2.29. The molecule has 0 saturated carbocycles. The van der Waals surface area contributed by atoms with Gasteiger partial charge in [0, 0.05) is 11.1 Å². The topological polar surface area (TPSA) is 98.2 Å². The Bertz CT molecular complexity index is 934. The lowest BCUT2D eigenvalue weighted by atomic mass is 10.2.